The summed E-state index contributed by atoms with van der Waals surface area (Å²) in [7, 11) is 0. The summed E-state index contributed by atoms with van der Waals surface area (Å²) >= 11 is 0. The molecule has 162 valence electrons. The standard InChI is InChI=1S/C24H27FN4O2/c1-17-8-4-5-9-21(17)31-15-7-11-23(30)26-18-12-13-20(25)19(16-18)24-28-27-22-10-3-2-6-14-29(22)24/h4-5,8-9,12-13,16H,2-3,6-7,10-11,14-15H2,1H3,(H,26,30). The summed E-state index contributed by atoms with van der Waals surface area (Å²) in [6, 6.07) is 12.4. The first-order chi connectivity index (χ1) is 15.1. The summed E-state index contributed by atoms with van der Waals surface area (Å²) in [6.07, 6.45) is 5.00. The number of aryl methyl sites for hydroxylation is 2. The Kier molecular flexibility index (Phi) is 6.60. The molecule has 0 unspecified atom stereocenters. The predicted molar refractivity (Wildman–Crippen MR) is 118 cm³/mol. The molecule has 1 amide bonds. The van der Waals surface area contributed by atoms with Gasteiger partial charge in [-0.2, -0.15) is 0 Å². The maximum atomic E-state index is 14.6. The van der Waals surface area contributed by atoms with E-state index in [1.165, 1.54) is 6.07 Å². The first-order valence-electron chi connectivity index (χ1n) is 10.8. The zero-order valence-corrected chi connectivity index (χ0v) is 17.7. The van der Waals surface area contributed by atoms with Gasteiger partial charge in [-0.1, -0.05) is 24.6 Å². The van der Waals surface area contributed by atoms with Crippen molar-refractivity contribution in [2.75, 3.05) is 11.9 Å². The molecule has 0 aliphatic carbocycles. The Morgan fingerprint density at radius 1 is 1.16 bits per heavy atom. The first kappa shape index (κ1) is 21.0. The fourth-order valence-corrected chi connectivity index (χ4v) is 3.82. The number of nitrogens with one attached hydrogen (secondary N) is 1. The number of rotatable bonds is 7. The number of benzene rings is 2. The average molecular weight is 423 g/mol. The van der Waals surface area contributed by atoms with Gasteiger partial charge in [-0.3, -0.25) is 4.79 Å². The second-order valence-electron chi connectivity index (χ2n) is 7.86. The second kappa shape index (κ2) is 9.73. The van der Waals surface area contributed by atoms with Crippen molar-refractivity contribution in [2.45, 2.75) is 52.0 Å². The highest BCUT2D eigenvalue weighted by Gasteiger charge is 2.19. The smallest absolute Gasteiger partial charge is 0.224 e. The number of anilines is 1. The van der Waals surface area contributed by atoms with Crippen LogP contribution in [0.4, 0.5) is 10.1 Å². The van der Waals surface area contributed by atoms with Gasteiger partial charge in [0, 0.05) is 25.1 Å². The van der Waals surface area contributed by atoms with Crippen molar-refractivity contribution in [1.29, 1.82) is 0 Å². The van der Waals surface area contributed by atoms with E-state index in [1.807, 2.05) is 35.8 Å². The van der Waals surface area contributed by atoms with Crippen molar-refractivity contribution >= 4 is 11.6 Å². The third-order valence-electron chi connectivity index (χ3n) is 5.50. The number of nitrogens with zero attached hydrogens (tertiary/aromatic N) is 3. The lowest BCUT2D eigenvalue weighted by molar-refractivity contribution is -0.116. The predicted octanol–water partition coefficient (Wildman–Crippen LogP) is 4.92. The van der Waals surface area contributed by atoms with Crippen molar-refractivity contribution in [1.82, 2.24) is 14.8 Å². The van der Waals surface area contributed by atoms with E-state index in [-0.39, 0.29) is 11.7 Å². The van der Waals surface area contributed by atoms with Gasteiger partial charge in [0.15, 0.2) is 5.82 Å². The highest BCUT2D eigenvalue weighted by atomic mass is 19.1. The van der Waals surface area contributed by atoms with Gasteiger partial charge in [0.2, 0.25) is 5.91 Å². The van der Waals surface area contributed by atoms with Crippen LogP contribution in [-0.2, 0) is 17.8 Å². The van der Waals surface area contributed by atoms with Crippen molar-refractivity contribution in [3.63, 3.8) is 0 Å². The minimum absolute atomic E-state index is 0.133. The van der Waals surface area contributed by atoms with Crippen LogP contribution in [0.2, 0.25) is 0 Å². The molecule has 0 bridgehead atoms. The highest BCUT2D eigenvalue weighted by molar-refractivity contribution is 5.91. The molecule has 4 rings (SSSR count). The lowest BCUT2D eigenvalue weighted by atomic mass is 10.1. The van der Waals surface area contributed by atoms with Crippen LogP contribution in [0.15, 0.2) is 42.5 Å². The normalized spacial score (nSPS) is 13.4. The quantitative estimate of drug-likeness (QED) is 0.549. The number of para-hydroxylation sites is 1. The Morgan fingerprint density at radius 2 is 2.03 bits per heavy atom. The largest absolute Gasteiger partial charge is 0.493 e. The molecule has 3 aromatic rings. The number of hydrogen-bond acceptors (Lipinski definition) is 4. The highest BCUT2D eigenvalue weighted by Crippen LogP contribution is 2.27. The molecule has 31 heavy (non-hydrogen) atoms. The molecule has 2 aromatic carbocycles. The third-order valence-corrected chi connectivity index (χ3v) is 5.50. The molecule has 0 radical (unpaired) electrons. The molecule has 2 heterocycles. The molecule has 1 aliphatic rings. The number of carbonyl (C=O) groups is 1. The molecule has 1 aromatic heterocycles. The van der Waals surface area contributed by atoms with Gasteiger partial charge in [0.25, 0.3) is 0 Å². The van der Waals surface area contributed by atoms with Crippen LogP contribution in [-0.4, -0.2) is 27.3 Å². The Bertz CT molecular complexity index is 1060. The minimum Gasteiger partial charge on any atom is -0.493 e. The van der Waals surface area contributed by atoms with Crippen LogP contribution < -0.4 is 10.1 Å². The number of amides is 1. The van der Waals surface area contributed by atoms with E-state index in [0.29, 0.717) is 36.5 Å². The van der Waals surface area contributed by atoms with Crippen LogP contribution >= 0.6 is 0 Å². The van der Waals surface area contributed by atoms with Gasteiger partial charge < -0.3 is 14.6 Å². The molecular formula is C24H27FN4O2. The molecular weight excluding hydrogens is 395 g/mol. The van der Waals surface area contributed by atoms with E-state index in [9.17, 15) is 9.18 Å². The van der Waals surface area contributed by atoms with Crippen molar-refractivity contribution in [2.24, 2.45) is 0 Å². The summed E-state index contributed by atoms with van der Waals surface area (Å²) in [5.74, 6) is 1.75. The third kappa shape index (κ3) is 5.10. The Morgan fingerprint density at radius 3 is 2.90 bits per heavy atom. The molecule has 0 atom stereocenters. The summed E-state index contributed by atoms with van der Waals surface area (Å²) in [5, 5.41) is 11.3. The van der Waals surface area contributed by atoms with E-state index in [4.69, 9.17) is 4.74 Å². The van der Waals surface area contributed by atoms with Gasteiger partial charge in [0.05, 0.1) is 12.2 Å². The van der Waals surface area contributed by atoms with Crippen LogP contribution in [0.3, 0.4) is 0 Å². The van der Waals surface area contributed by atoms with Crippen LogP contribution in [0, 0.1) is 12.7 Å². The minimum atomic E-state index is -0.371. The van der Waals surface area contributed by atoms with Crippen LogP contribution in [0.5, 0.6) is 5.75 Å². The molecule has 0 saturated heterocycles. The Labute approximate surface area is 181 Å². The molecule has 0 fully saturated rings. The number of halogens is 1. The van der Waals surface area contributed by atoms with E-state index >= 15 is 0 Å². The zero-order chi connectivity index (χ0) is 21.6. The van der Waals surface area contributed by atoms with Gasteiger partial charge in [0.1, 0.15) is 17.4 Å². The fourth-order valence-electron chi connectivity index (χ4n) is 3.82. The van der Waals surface area contributed by atoms with Crippen LogP contribution in [0.1, 0.15) is 43.5 Å². The SMILES string of the molecule is Cc1ccccc1OCCCC(=O)Nc1ccc(F)c(-c2nnc3n2CCCCC3)c1. The van der Waals surface area contributed by atoms with Crippen LogP contribution in [0.25, 0.3) is 11.4 Å². The molecule has 0 saturated carbocycles. The number of ether oxygens (including phenoxy) is 1. The van der Waals surface area contributed by atoms with E-state index in [1.54, 1.807) is 12.1 Å². The van der Waals surface area contributed by atoms with Gasteiger partial charge in [-0.15, -0.1) is 10.2 Å². The Hall–Kier alpha value is -3.22. The number of aromatic nitrogens is 3. The van der Waals surface area contributed by atoms with Crippen molar-refractivity contribution < 1.29 is 13.9 Å². The second-order valence-corrected chi connectivity index (χ2v) is 7.86. The molecule has 7 heteroatoms. The van der Waals surface area contributed by atoms with Gasteiger partial charge >= 0.3 is 0 Å². The summed E-state index contributed by atoms with van der Waals surface area (Å²) in [6.45, 7) is 3.23. The maximum Gasteiger partial charge on any atom is 0.224 e. The number of hydrogen-bond donors (Lipinski definition) is 1. The number of carbonyl (C=O) groups excluding carboxylic acids is 1. The summed E-state index contributed by atoms with van der Waals surface area (Å²) < 4.78 is 22.3. The van der Waals surface area contributed by atoms with E-state index in [0.717, 1.165) is 49.4 Å². The lowest BCUT2D eigenvalue weighted by Crippen LogP contribution is -2.13. The van der Waals surface area contributed by atoms with Gasteiger partial charge in [-0.05, 0) is 56.0 Å². The van der Waals surface area contributed by atoms with Crippen molar-refractivity contribution in [3.8, 4) is 17.1 Å². The zero-order valence-electron chi connectivity index (χ0n) is 17.7. The molecule has 6 nitrogen and oxygen atoms in total. The summed E-state index contributed by atoms with van der Waals surface area (Å²) in [5.41, 5.74) is 1.98. The topological polar surface area (TPSA) is 69.0 Å². The fraction of sp³-hybridized carbons (Fsp3) is 0.375. The molecule has 1 N–H and O–H groups in total. The average Bonchev–Trinajstić information content (AvgIpc) is 3.01. The van der Waals surface area contributed by atoms with Gasteiger partial charge in [-0.25, -0.2) is 4.39 Å². The monoisotopic (exact) mass is 422 g/mol. The lowest BCUT2D eigenvalue weighted by Gasteiger charge is -2.11. The Balaban J connectivity index is 1.37. The molecule has 1 aliphatic heterocycles. The first-order valence-corrected chi connectivity index (χ1v) is 10.8. The summed E-state index contributed by atoms with van der Waals surface area (Å²) in [4.78, 5) is 12.4. The van der Waals surface area contributed by atoms with E-state index in [2.05, 4.69) is 15.5 Å². The number of fused-ring (bicyclic) bond motifs is 1. The maximum absolute atomic E-state index is 14.6. The molecule has 0 spiro atoms. The van der Waals surface area contributed by atoms with E-state index < -0.39 is 0 Å². The van der Waals surface area contributed by atoms with Crippen molar-refractivity contribution in [3.05, 3.63) is 59.7 Å².